The molecule has 0 radical (unpaired) electrons. The number of nitrogens with one attached hydrogen (secondary N) is 1. The molecule has 1 N–H and O–H groups in total. The lowest BCUT2D eigenvalue weighted by Crippen LogP contribution is -2.54. The first-order valence-corrected chi connectivity index (χ1v) is 15.9. The molecule has 2 amide bonds. The summed E-state index contributed by atoms with van der Waals surface area (Å²) in [6.45, 7) is 9.36. The maximum atomic E-state index is 14.8. The Kier molecular flexibility index (Phi) is 10.9. The standard InChI is InChI=1S/C33H42FN3O4S/c1-24-19-25(2)21-28(20-24)37(42(6,40)41)18-12-17-31(38)36(23-27-15-10-11-16-29(27)34)30(32(39)35-33(3,4)5)22-26-13-8-7-9-14-26/h7-11,13-16,19-21,30H,12,17-18,22-23H2,1-6H3,(H,35,39)/t30-/m0/s1. The topological polar surface area (TPSA) is 86.8 Å². The number of anilines is 1. The number of hydrogen-bond donors (Lipinski definition) is 1. The summed E-state index contributed by atoms with van der Waals surface area (Å²) < 4.78 is 41.5. The van der Waals surface area contributed by atoms with E-state index in [1.165, 1.54) is 15.3 Å². The van der Waals surface area contributed by atoms with Crippen molar-refractivity contribution in [1.29, 1.82) is 0 Å². The molecule has 0 saturated heterocycles. The average Bonchev–Trinajstić information content (AvgIpc) is 2.87. The van der Waals surface area contributed by atoms with E-state index in [9.17, 15) is 22.4 Å². The molecule has 3 rings (SSSR count). The molecule has 9 heteroatoms. The molecule has 0 spiro atoms. The lowest BCUT2D eigenvalue weighted by molar-refractivity contribution is -0.142. The van der Waals surface area contributed by atoms with Crippen LogP contribution in [0.25, 0.3) is 0 Å². The number of sulfonamides is 1. The smallest absolute Gasteiger partial charge is 0.243 e. The SMILES string of the molecule is Cc1cc(C)cc(N(CCCC(=O)N(Cc2ccccc2F)[C@@H](Cc2ccccc2)C(=O)NC(C)(C)C)S(C)(=O)=O)c1. The Morgan fingerprint density at radius 2 is 1.52 bits per heavy atom. The van der Waals surface area contributed by atoms with Gasteiger partial charge in [0.2, 0.25) is 21.8 Å². The second-order valence-corrected chi connectivity index (χ2v) is 13.7. The van der Waals surface area contributed by atoms with Crippen molar-refractivity contribution in [2.45, 2.75) is 72.0 Å². The Balaban J connectivity index is 1.92. The van der Waals surface area contributed by atoms with Crippen molar-refractivity contribution in [2.75, 3.05) is 17.1 Å². The molecular formula is C33H42FN3O4S. The fourth-order valence-corrected chi connectivity index (χ4v) is 5.86. The van der Waals surface area contributed by atoms with E-state index in [4.69, 9.17) is 0 Å². The van der Waals surface area contributed by atoms with E-state index in [0.29, 0.717) is 11.3 Å². The Hall–Kier alpha value is -3.72. The normalized spacial score (nSPS) is 12.5. The van der Waals surface area contributed by atoms with Crippen molar-refractivity contribution in [3.8, 4) is 0 Å². The van der Waals surface area contributed by atoms with Crippen LogP contribution in [-0.4, -0.2) is 49.5 Å². The van der Waals surface area contributed by atoms with E-state index >= 15 is 0 Å². The van der Waals surface area contributed by atoms with Gasteiger partial charge in [-0.1, -0.05) is 54.6 Å². The van der Waals surface area contributed by atoms with Crippen LogP contribution >= 0.6 is 0 Å². The average molecular weight is 596 g/mol. The minimum absolute atomic E-state index is 0.0284. The molecule has 7 nitrogen and oxygen atoms in total. The fourth-order valence-electron chi connectivity index (χ4n) is 4.92. The van der Waals surface area contributed by atoms with Gasteiger partial charge in [0.15, 0.2) is 0 Å². The molecule has 3 aromatic rings. The minimum atomic E-state index is -3.62. The van der Waals surface area contributed by atoms with Crippen LogP contribution in [0.5, 0.6) is 0 Å². The predicted molar refractivity (Wildman–Crippen MR) is 166 cm³/mol. The number of benzene rings is 3. The molecule has 0 saturated carbocycles. The van der Waals surface area contributed by atoms with E-state index in [0.717, 1.165) is 22.9 Å². The van der Waals surface area contributed by atoms with Crippen molar-refractivity contribution in [2.24, 2.45) is 0 Å². The first-order valence-electron chi connectivity index (χ1n) is 14.1. The summed E-state index contributed by atoms with van der Waals surface area (Å²) in [6.07, 6.45) is 1.57. The second-order valence-electron chi connectivity index (χ2n) is 11.8. The zero-order chi connectivity index (χ0) is 31.1. The molecule has 1 atom stereocenters. The Morgan fingerprint density at radius 3 is 2.10 bits per heavy atom. The summed E-state index contributed by atoms with van der Waals surface area (Å²) in [6, 6.07) is 20.2. The maximum absolute atomic E-state index is 14.8. The molecule has 0 aliphatic rings. The van der Waals surface area contributed by atoms with Gasteiger partial charge in [0.25, 0.3) is 0 Å². The summed E-state index contributed by atoms with van der Waals surface area (Å²) in [5.74, 6) is -1.18. The Labute approximate surface area is 249 Å². The molecule has 0 aliphatic heterocycles. The molecule has 0 fully saturated rings. The first-order chi connectivity index (χ1) is 19.6. The van der Waals surface area contributed by atoms with E-state index < -0.39 is 27.4 Å². The summed E-state index contributed by atoms with van der Waals surface area (Å²) >= 11 is 0. The third-order valence-electron chi connectivity index (χ3n) is 6.71. The van der Waals surface area contributed by atoms with Crippen molar-refractivity contribution in [3.05, 3.63) is 101 Å². The minimum Gasteiger partial charge on any atom is -0.350 e. The molecule has 3 aromatic carbocycles. The molecule has 0 aromatic heterocycles. The van der Waals surface area contributed by atoms with Crippen LogP contribution in [0, 0.1) is 19.7 Å². The van der Waals surface area contributed by atoms with Crippen LogP contribution in [0.3, 0.4) is 0 Å². The van der Waals surface area contributed by atoms with E-state index in [1.54, 1.807) is 30.3 Å². The number of aryl methyl sites for hydroxylation is 2. The highest BCUT2D eigenvalue weighted by molar-refractivity contribution is 7.92. The highest BCUT2D eigenvalue weighted by Gasteiger charge is 2.32. The molecule has 0 bridgehead atoms. The van der Waals surface area contributed by atoms with Gasteiger partial charge in [-0.25, -0.2) is 12.8 Å². The number of carbonyl (C=O) groups is 2. The van der Waals surface area contributed by atoms with E-state index in [1.807, 2.05) is 71.0 Å². The molecule has 226 valence electrons. The fraction of sp³-hybridized carbons (Fsp3) is 0.394. The quantitative estimate of drug-likeness (QED) is 0.298. The zero-order valence-corrected chi connectivity index (χ0v) is 26.2. The molecule has 0 heterocycles. The monoisotopic (exact) mass is 595 g/mol. The number of halogens is 1. The van der Waals surface area contributed by atoms with Crippen LogP contribution in [0.15, 0.2) is 72.8 Å². The van der Waals surface area contributed by atoms with E-state index in [-0.39, 0.29) is 44.2 Å². The van der Waals surface area contributed by atoms with Crippen LogP contribution in [-0.2, 0) is 32.6 Å². The number of amides is 2. The first kappa shape index (κ1) is 32.8. The largest absolute Gasteiger partial charge is 0.350 e. The highest BCUT2D eigenvalue weighted by Crippen LogP contribution is 2.23. The number of carbonyl (C=O) groups excluding carboxylic acids is 2. The number of rotatable bonds is 12. The van der Waals surface area contributed by atoms with Crippen LogP contribution in [0.1, 0.15) is 55.9 Å². The van der Waals surface area contributed by atoms with Crippen molar-refractivity contribution in [1.82, 2.24) is 10.2 Å². The van der Waals surface area contributed by atoms with Gasteiger partial charge in [0, 0.05) is 37.0 Å². The zero-order valence-electron chi connectivity index (χ0n) is 25.4. The van der Waals surface area contributed by atoms with Gasteiger partial charge >= 0.3 is 0 Å². The number of nitrogens with zero attached hydrogens (tertiary/aromatic N) is 2. The lowest BCUT2D eigenvalue weighted by Gasteiger charge is -2.34. The van der Waals surface area contributed by atoms with Crippen LogP contribution in [0.2, 0.25) is 0 Å². The maximum Gasteiger partial charge on any atom is 0.243 e. The van der Waals surface area contributed by atoms with Crippen molar-refractivity contribution >= 4 is 27.5 Å². The second kappa shape index (κ2) is 14.0. The summed E-state index contributed by atoms with van der Waals surface area (Å²) in [4.78, 5) is 29.0. The van der Waals surface area contributed by atoms with Gasteiger partial charge in [-0.05, 0) is 75.9 Å². The van der Waals surface area contributed by atoms with Gasteiger partial charge < -0.3 is 10.2 Å². The van der Waals surface area contributed by atoms with Gasteiger partial charge in [-0.2, -0.15) is 0 Å². The Bertz CT molecular complexity index is 1470. The van der Waals surface area contributed by atoms with Gasteiger partial charge in [-0.15, -0.1) is 0 Å². The molecule has 42 heavy (non-hydrogen) atoms. The van der Waals surface area contributed by atoms with Gasteiger partial charge in [0.05, 0.1) is 11.9 Å². The lowest BCUT2D eigenvalue weighted by atomic mass is 10.00. The third kappa shape index (κ3) is 9.69. The van der Waals surface area contributed by atoms with Crippen molar-refractivity contribution < 1.29 is 22.4 Å². The molecule has 0 aliphatic carbocycles. The van der Waals surface area contributed by atoms with Crippen LogP contribution in [0.4, 0.5) is 10.1 Å². The number of hydrogen-bond acceptors (Lipinski definition) is 4. The highest BCUT2D eigenvalue weighted by atomic mass is 32.2. The predicted octanol–water partition coefficient (Wildman–Crippen LogP) is 5.54. The summed E-state index contributed by atoms with van der Waals surface area (Å²) in [5, 5.41) is 2.99. The third-order valence-corrected chi connectivity index (χ3v) is 7.91. The van der Waals surface area contributed by atoms with E-state index in [2.05, 4.69) is 5.32 Å². The Morgan fingerprint density at radius 1 is 0.929 bits per heavy atom. The van der Waals surface area contributed by atoms with Crippen molar-refractivity contribution in [3.63, 3.8) is 0 Å². The van der Waals surface area contributed by atoms with Crippen LogP contribution < -0.4 is 9.62 Å². The van der Waals surface area contributed by atoms with Gasteiger partial charge in [-0.3, -0.25) is 13.9 Å². The molecular weight excluding hydrogens is 553 g/mol. The molecule has 0 unspecified atom stereocenters. The summed E-state index contributed by atoms with van der Waals surface area (Å²) in [7, 11) is -3.62. The summed E-state index contributed by atoms with van der Waals surface area (Å²) in [5.41, 5.74) is 2.99. The van der Waals surface area contributed by atoms with Gasteiger partial charge in [0.1, 0.15) is 11.9 Å².